The van der Waals surface area contributed by atoms with E-state index in [-0.39, 0.29) is 17.4 Å². The van der Waals surface area contributed by atoms with Crippen molar-refractivity contribution in [3.63, 3.8) is 0 Å². The number of nitrogens with zero attached hydrogens (tertiary/aromatic N) is 3. The van der Waals surface area contributed by atoms with Gasteiger partial charge in [-0.15, -0.1) is 0 Å². The van der Waals surface area contributed by atoms with Crippen LogP contribution < -0.4 is 11.2 Å². The molecule has 3 fully saturated rings. The summed E-state index contributed by atoms with van der Waals surface area (Å²) >= 11 is 0. The van der Waals surface area contributed by atoms with Gasteiger partial charge in [0.15, 0.2) is 0 Å². The highest BCUT2D eigenvalue weighted by molar-refractivity contribution is 5.96. The molecule has 7 nitrogen and oxygen atoms in total. The summed E-state index contributed by atoms with van der Waals surface area (Å²) in [5.41, 5.74) is 0.195. The third kappa shape index (κ3) is 2.55. The molecule has 0 bridgehead atoms. The van der Waals surface area contributed by atoms with Crippen molar-refractivity contribution < 1.29 is 4.79 Å². The second-order valence-electron chi connectivity index (χ2n) is 8.59. The van der Waals surface area contributed by atoms with Crippen molar-refractivity contribution in [2.45, 2.75) is 51.5 Å². The van der Waals surface area contributed by atoms with Gasteiger partial charge in [0.25, 0.3) is 11.5 Å². The lowest BCUT2D eigenvalue weighted by atomic mass is 9.59. The summed E-state index contributed by atoms with van der Waals surface area (Å²) in [5.74, 6) is 0.590. The smallest absolute Gasteiger partial charge is 0.330 e. The highest BCUT2D eigenvalue weighted by Crippen LogP contribution is 2.51. The maximum absolute atomic E-state index is 13.1. The molecule has 2 saturated carbocycles. The number of carbonyl (C=O) groups excluding carboxylic acids is 1. The predicted octanol–water partition coefficient (Wildman–Crippen LogP) is 2.07. The SMILES string of the molecule is CC1CCN(C(=O)c2cnc3c(c2)c(=O)[nH]c(=O)n3C2CC2)CC12CCC2. The van der Waals surface area contributed by atoms with Crippen molar-refractivity contribution in [1.82, 2.24) is 19.4 Å². The van der Waals surface area contributed by atoms with E-state index in [1.165, 1.54) is 25.5 Å². The first-order valence-corrected chi connectivity index (χ1v) is 9.92. The Hall–Kier alpha value is -2.44. The molecule has 1 N–H and O–H groups in total. The van der Waals surface area contributed by atoms with E-state index < -0.39 is 11.2 Å². The van der Waals surface area contributed by atoms with Crippen LogP contribution in [0.25, 0.3) is 11.0 Å². The number of piperidine rings is 1. The molecule has 2 aromatic rings. The highest BCUT2D eigenvalue weighted by Gasteiger charge is 2.46. The maximum Gasteiger partial charge on any atom is 0.330 e. The number of hydrogen-bond donors (Lipinski definition) is 1. The van der Waals surface area contributed by atoms with E-state index in [1.54, 1.807) is 10.6 Å². The first kappa shape index (κ1) is 16.7. The van der Waals surface area contributed by atoms with Crippen LogP contribution in [-0.4, -0.2) is 38.4 Å². The molecule has 2 aliphatic carbocycles. The van der Waals surface area contributed by atoms with E-state index >= 15 is 0 Å². The number of likely N-dealkylation sites (tertiary alicyclic amines) is 1. The number of nitrogens with one attached hydrogen (secondary N) is 1. The number of fused-ring (bicyclic) bond motifs is 1. The van der Waals surface area contributed by atoms with Gasteiger partial charge in [-0.1, -0.05) is 13.3 Å². The first-order chi connectivity index (χ1) is 13.0. The fourth-order valence-electron chi connectivity index (χ4n) is 4.83. The number of rotatable bonds is 2. The standard InChI is InChI=1S/C20H24N4O3/c1-12-5-8-23(11-20(12)6-2-7-20)18(26)13-9-15-16(21-10-13)24(14-3-4-14)19(27)22-17(15)25/h9-10,12,14H,2-8,11H2,1H3,(H,22,25,27). The summed E-state index contributed by atoms with van der Waals surface area (Å²) in [7, 11) is 0. The molecular formula is C20H24N4O3. The number of pyridine rings is 1. The van der Waals surface area contributed by atoms with Gasteiger partial charge in [0.2, 0.25) is 0 Å². The molecule has 142 valence electrons. The van der Waals surface area contributed by atoms with Gasteiger partial charge in [0.05, 0.1) is 10.9 Å². The summed E-state index contributed by atoms with van der Waals surface area (Å²) in [4.78, 5) is 46.2. The molecule has 3 aliphatic rings. The molecule has 0 radical (unpaired) electrons. The van der Waals surface area contributed by atoms with Crippen molar-refractivity contribution in [1.29, 1.82) is 0 Å². The van der Waals surface area contributed by atoms with Crippen LogP contribution in [0.15, 0.2) is 21.9 Å². The molecular weight excluding hydrogens is 344 g/mol. The van der Waals surface area contributed by atoms with Crippen LogP contribution in [0.1, 0.15) is 61.8 Å². The minimum atomic E-state index is -0.475. The molecule has 1 saturated heterocycles. The lowest BCUT2D eigenvalue weighted by Crippen LogP contribution is -2.53. The van der Waals surface area contributed by atoms with E-state index in [0.717, 1.165) is 32.4 Å². The summed E-state index contributed by atoms with van der Waals surface area (Å²) < 4.78 is 1.55. The third-order valence-electron chi connectivity index (χ3n) is 6.96. The van der Waals surface area contributed by atoms with Gasteiger partial charge in [0, 0.05) is 25.3 Å². The second kappa shape index (κ2) is 5.78. The normalized spacial score (nSPS) is 24.2. The minimum Gasteiger partial charge on any atom is -0.338 e. The van der Waals surface area contributed by atoms with E-state index in [2.05, 4.69) is 16.9 Å². The quantitative estimate of drug-likeness (QED) is 0.879. The van der Waals surface area contributed by atoms with Gasteiger partial charge in [-0.3, -0.25) is 19.1 Å². The van der Waals surface area contributed by atoms with Crippen molar-refractivity contribution in [2.24, 2.45) is 11.3 Å². The van der Waals surface area contributed by atoms with Gasteiger partial charge in [0.1, 0.15) is 5.65 Å². The molecule has 7 heteroatoms. The number of aromatic nitrogens is 3. The Kier molecular flexibility index (Phi) is 3.58. The van der Waals surface area contributed by atoms with Crippen molar-refractivity contribution in [3.8, 4) is 0 Å². The minimum absolute atomic E-state index is 0.0638. The van der Waals surface area contributed by atoms with Crippen molar-refractivity contribution in [3.05, 3.63) is 38.7 Å². The van der Waals surface area contributed by atoms with Crippen LogP contribution >= 0.6 is 0 Å². The number of H-pyrrole nitrogens is 1. The fourth-order valence-corrected chi connectivity index (χ4v) is 4.83. The molecule has 5 rings (SSSR count). The monoisotopic (exact) mass is 368 g/mol. The van der Waals surface area contributed by atoms with Crippen molar-refractivity contribution in [2.75, 3.05) is 13.1 Å². The topological polar surface area (TPSA) is 88.1 Å². The van der Waals surface area contributed by atoms with E-state index in [9.17, 15) is 14.4 Å². The Morgan fingerprint density at radius 2 is 2.04 bits per heavy atom. The molecule has 1 spiro atoms. The van der Waals surface area contributed by atoms with Crippen LogP contribution in [-0.2, 0) is 0 Å². The molecule has 27 heavy (non-hydrogen) atoms. The van der Waals surface area contributed by atoms with Crippen molar-refractivity contribution >= 4 is 16.9 Å². The molecule has 0 aromatic carbocycles. The van der Waals surface area contributed by atoms with Gasteiger partial charge in [-0.2, -0.15) is 0 Å². The third-order valence-corrected chi connectivity index (χ3v) is 6.96. The maximum atomic E-state index is 13.1. The second-order valence-corrected chi connectivity index (χ2v) is 8.59. The van der Waals surface area contributed by atoms with Gasteiger partial charge >= 0.3 is 5.69 Å². The van der Waals surface area contributed by atoms with Gasteiger partial charge in [-0.25, -0.2) is 9.78 Å². The Balaban J connectivity index is 1.51. The average molecular weight is 368 g/mol. The predicted molar refractivity (Wildman–Crippen MR) is 101 cm³/mol. The molecule has 1 aliphatic heterocycles. The first-order valence-electron chi connectivity index (χ1n) is 9.92. The zero-order valence-corrected chi connectivity index (χ0v) is 15.5. The van der Waals surface area contributed by atoms with Crippen LogP contribution in [0.2, 0.25) is 0 Å². The fraction of sp³-hybridized carbons (Fsp3) is 0.600. The number of carbonyl (C=O) groups is 1. The Bertz CT molecular complexity index is 1050. The summed E-state index contributed by atoms with van der Waals surface area (Å²) in [6.45, 7) is 3.84. The van der Waals surface area contributed by atoms with Gasteiger partial charge < -0.3 is 4.90 Å². The van der Waals surface area contributed by atoms with Crippen LogP contribution in [0.3, 0.4) is 0 Å². The largest absolute Gasteiger partial charge is 0.338 e. The highest BCUT2D eigenvalue weighted by atomic mass is 16.2. The summed E-state index contributed by atoms with van der Waals surface area (Å²) in [6, 6.07) is 1.71. The molecule has 3 heterocycles. The Morgan fingerprint density at radius 1 is 1.26 bits per heavy atom. The Labute approximate surface area is 156 Å². The molecule has 2 aromatic heterocycles. The zero-order chi connectivity index (χ0) is 18.8. The zero-order valence-electron chi connectivity index (χ0n) is 15.5. The van der Waals surface area contributed by atoms with Crippen LogP contribution in [0, 0.1) is 11.3 Å². The van der Waals surface area contributed by atoms with E-state index in [1.807, 2.05) is 4.90 Å². The summed E-state index contributed by atoms with van der Waals surface area (Å²) in [6.07, 6.45) is 8.01. The average Bonchev–Trinajstić information content (AvgIpc) is 3.45. The lowest BCUT2D eigenvalue weighted by molar-refractivity contribution is -0.0208. The number of hydrogen-bond acceptors (Lipinski definition) is 4. The van der Waals surface area contributed by atoms with Gasteiger partial charge in [-0.05, 0) is 49.5 Å². The van der Waals surface area contributed by atoms with E-state index in [0.29, 0.717) is 22.5 Å². The summed E-state index contributed by atoms with van der Waals surface area (Å²) in [5, 5.41) is 0.316. The lowest BCUT2D eigenvalue weighted by Gasteiger charge is -2.53. The van der Waals surface area contributed by atoms with Crippen LogP contribution in [0.5, 0.6) is 0 Å². The number of amides is 1. The molecule has 1 unspecified atom stereocenters. The molecule has 1 atom stereocenters. The van der Waals surface area contributed by atoms with E-state index in [4.69, 9.17) is 0 Å². The Morgan fingerprint density at radius 3 is 2.70 bits per heavy atom. The van der Waals surface area contributed by atoms with Crippen LogP contribution in [0.4, 0.5) is 0 Å². The molecule has 1 amide bonds. The number of aromatic amines is 1.